The number of anilines is 1. The number of fused-ring (bicyclic) bond motifs is 1. The van der Waals surface area contributed by atoms with Crippen LogP contribution < -0.4 is 15.2 Å². The van der Waals surface area contributed by atoms with Crippen molar-refractivity contribution >= 4 is 22.5 Å². The summed E-state index contributed by atoms with van der Waals surface area (Å²) in [6.07, 6.45) is 0. The first kappa shape index (κ1) is 17.7. The van der Waals surface area contributed by atoms with Crippen molar-refractivity contribution < 1.29 is 14.3 Å². The summed E-state index contributed by atoms with van der Waals surface area (Å²) >= 11 is 0. The first-order chi connectivity index (χ1) is 12.6. The first-order valence-electron chi connectivity index (χ1n) is 8.16. The van der Waals surface area contributed by atoms with Crippen molar-refractivity contribution in [2.24, 2.45) is 0 Å². The lowest BCUT2D eigenvalue weighted by atomic mass is 10.1. The number of pyridine rings is 1. The highest BCUT2D eigenvalue weighted by molar-refractivity contribution is 5.94. The van der Waals surface area contributed by atoms with Crippen LogP contribution in [0.25, 0.3) is 10.9 Å². The molecule has 1 heterocycles. The Labute approximate surface area is 151 Å². The predicted molar refractivity (Wildman–Crippen MR) is 101 cm³/mol. The lowest BCUT2D eigenvalue weighted by Crippen LogP contribution is -2.35. The first-order valence-corrected chi connectivity index (χ1v) is 8.16. The van der Waals surface area contributed by atoms with E-state index < -0.39 is 0 Å². The van der Waals surface area contributed by atoms with Gasteiger partial charge in [-0.05, 0) is 29.7 Å². The number of carbonyl (C=O) groups is 1. The van der Waals surface area contributed by atoms with E-state index >= 15 is 0 Å². The highest BCUT2D eigenvalue weighted by Gasteiger charge is 2.18. The molecule has 0 spiro atoms. The number of ether oxygens (including phenoxy) is 2. The summed E-state index contributed by atoms with van der Waals surface area (Å²) < 4.78 is 10.2. The van der Waals surface area contributed by atoms with Crippen LogP contribution in [0.5, 0.6) is 5.75 Å². The van der Waals surface area contributed by atoms with Gasteiger partial charge in [-0.15, -0.1) is 0 Å². The number of H-pyrrole nitrogens is 1. The Bertz CT molecular complexity index is 981. The summed E-state index contributed by atoms with van der Waals surface area (Å²) in [5.41, 5.74) is 1.68. The van der Waals surface area contributed by atoms with Gasteiger partial charge in [0.1, 0.15) is 12.4 Å². The normalized spacial score (nSPS) is 10.7. The number of aromatic nitrogens is 1. The number of nitrogens with one attached hydrogen (secondary N) is 1. The number of para-hydroxylation sites is 1. The number of hydrogen-bond acceptors (Lipinski definition) is 4. The number of rotatable bonds is 6. The van der Waals surface area contributed by atoms with Crippen molar-refractivity contribution in [1.29, 1.82) is 0 Å². The molecule has 0 aliphatic rings. The molecule has 0 atom stereocenters. The van der Waals surface area contributed by atoms with E-state index in [2.05, 4.69) is 4.98 Å². The standard InChI is InChI=1S/C20H20N2O4/c1-25-13-19(23)22(16-7-5-8-17(11-16)26-2)12-15-10-14-6-3-4-9-18(14)21-20(15)24/h3-11H,12-13H2,1-2H3,(H,21,24). The second-order valence-electron chi connectivity index (χ2n) is 5.83. The number of carbonyl (C=O) groups excluding carboxylic acids is 1. The van der Waals surface area contributed by atoms with E-state index in [4.69, 9.17) is 9.47 Å². The minimum atomic E-state index is -0.242. The summed E-state index contributed by atoms with van der Waals surface area (Å²) in [6, 6.07) is 16.5. The predicted octanol–water partition coefficient (Wildman–Crippen LogP) is 2.72. The number of hydrogen-bond donors (Lipinski definition) is 1. The minimum Gasteiger partial charge on any atom is -0.497 e. The summed E-state index contributed by atoms with van der Waals surface area (Å²) in [4.78, 5) is 29.4. The molecule has 3 aromatic rings. The molecule has 0 saturated carbocycles. The second kappa shape index (κ2) is 7.84. The largest absolute Gasteiger partial charge is 0.497 e. The second-order valence-corrected chi connectivity index (χ2v) is 5.83. The van der Waals surface area contributed by atoms with E-state index in [1.165, 1.54) is 12.0 Å². The molecule has 0 aliphatic heterocycles. The number of aromatic amines is 1. The Morgan fingerprint density at radius 3 is 2.65 bits per heavy atom. The third kappa shape index (κ3) is 3.75. The lowest BCUT2D eigenvalue weighted by Gasteiger charge is -2.23. The van der Waals surface area contributed by atoms with E-state index in [9.17, 15) is 9.59 Å². The van der Waals surface area contributed by atoms with Gasteiger partial charge in [0.05, 0.1) is 13.7 Å². The van der Waals surface area contributed by atoms with Gasteiger partial charge < -0.3 is 19.4 Å². The highest BCUT2D eigenvalue weighted by Crippen LogP contribution is 2.23. The number of nitrogens with zero attached hydrogens (tertiary/aromatic N) is 1. The van der Waals surface area contributed by atoms with Gasteiger partial charge in [0.2, 0.25) is 0 Å². The van der Waals surface area contributed by atoms with Crippen LogP contribution in [0.3, 0.4) is 0 Å². The molecule has 6 nitrogen and oxygen atoms in total. The zero-order chi connectivity index (χ0) is 18.5. The van der Waals surface area contributed by atoms with Gasteiger partial charge in [-0.1, -0.05) is 24.3 Å². The van der Waals surface area contributed by atoms with Crippen LogP contribution in [0, 0.1) is 0 Å². The fourth-order valence-corrected chi connectivity index (χ4v) is 2.78. The Morgan fingerprint density at radius 1 is 1.08 bits per heavy atom. The molecule has 3 rings (SSSR count). The van der Waals surface area contributed by atoms with Crippen LogP contribution in [0.4, 0.5) is 5.69 Å². The third-order valence-electron chi connectivity index (χ3n) is 4.09. The molecular formula is C20H20N2O4. The smallest absolute Gasteiger partial charge is 0.253 e. The topological polar surface area (TPSA) is 71.6 Å². The van der Waals surface area contributed by atoms with Crippen LogP contribution in [-0.2, 0) is 16.1 Å². The molecular weight excluding hydrogens is 332 g/mol. The molecule has 1 aromatic heterocycles. The molecule has 0 saturated heterocycles. The summed E-state index contributed by atoms with van der Waals surface area (Å²) in [6.45, 7) is 0.0538. The Balaban J connectivity index is 2.01. The van der Waals surface area contributed by atoms with Crippen molar-refractivity contribution in [3.05, 3.63) is 70.5 Å². The van der Waals surface area contributed by atoms with Crippen LogP contribution in [0.1, 0.15) is 5.56 Å². The average Bonchev–Trinajstić information content (AvgIpc) is 2.66. The molecule has 26 heavy (non-hydrogen) atoms. The van der Waals surface area contributed by atoms with Crippen molar-refractivity contribution in [3.63, 3.8) is 0 Å². The fourth-order valence-electron chi connectivity index (χ4n) is 2.78. The van der Waals surface area contributed by atoms with Crippen LogP contribution in [-0.4, -0.2) is 31.7 Å². The van der Waals surface area contributed by atoms with E-state index in [1.807, 2.05) is 24.3 Å². The van der Waals surface area contributed by atoms with Gasteiger partial charge in [-0.25, -0.2) is 0 Å². The Kier molecular flexibility index (Phi) is 5.34. The SMILES string of the molecule is COCC(=O)N(Cc1cc2ccccc2[nH]c1=O)c1cccc(OC)c1. The third-order valence-corrected chi connectivity index (χ3v) is 4.09. The maximum atomic E-state index is 12.6. The van der Waals surface area contributed by atoms with Crippen LogP contribution in [0.2, 0.25) is 0 Å². The lowest BCUT2D eigenvalue weighted by molar-refractivity contribution is -0.122. The Hall–Kier alpha value is -3.12. The van der Waals surface area contributed by atoms with E-state index in [0.29, 0.717) is 17.0 Å². The number of amides is 1. The number of methoxy groups -OCH3 is 2. The van der Waals surface area contributed by atoms with Crippen LogP contribution >= 0.6 is 0 Å². The van der Waals surface area contributed by atoms with Crippen LogP contribution in [0.15, 0.2) is 59.4 Å². The quantitative estimate of drug-likeness (QED) is 0.740. The summed E-state index contributed by atoms with van der Waals surface area (Å²) in [5, 5.41) is 0.909. The van der Waals surface area contributed by atoms with E-state index in [0.717, 1.165) is 10.9 Å². The molecule has 0 unspecified atom stereocenters. The maximum Gasteiger partial charge on any atom is 0.253 e. The average molecular weight is 352 g/mol. The van der Waals surface area contributed by atoms with Crippen molar-refractivity contribution in [2.75, 3.05) is 25.7 Å². The van der Waals surface area contributed by atoms with Crippen molar-refractivity contribution in [2.45, 2.75) is 6.54 Å². The fraction of sp³-hybridized carbons (Fsp3) is 0.200. The van der Waals surface area contributed by atoms with E-state index in [-0.39, 0.29) is 24.6 Å². The summed E-state index contributed by atoms with van der Waals surface area (Å²) in [5.74, 6) is 0.387. The molecule has 2 aromatic carbocycles. The van der Waals surface area contributed by atoms with Gasteiger partial charge in [-0.2, -0.15) is 0 Å². The van der Waals surface area contributed by atoms with E-state index in [1.54, 1.807) is 37.4 Å². The molecule has 0 radical (unpaired) electrons. The van der Waals surface area contributed by atoms with Crippen molar-refractivity contribution in [3.8, 4) is 5.75 Å². The number of benzene rings is 2. The molecule has 0 bridgehead atoms. The molecule has 0 aliphatic carbocycles. The van der Waals surface area contributed by atoms with Gasteiger partial charge >= 0.3 is 0 Å². The summed E-state index contributed by atoms with van der Waals surface area (Å²) in [7, 11) is 3.03. The van der Waals surface area contributed by atoms with Crippen molar-refractivity contribution in [1.82, 2.24) is 4.98 Å². The van der Waals surface area contributed by atoms with Gasteiger partial charge in [0.25, 0.3) is 11.5 Å². The molecule has 6 heteroatoms. The maximum absolute atomic E-state index is 12.6. The molecule has 0 fully saturated rings. The molecule has 134 valence electrons. The molecule has 1 N–H and O–H groups in total. The monoisotopic (exact) mass is 352 g/mol. The highest BCUT2D eigenvalue weighted by atomic mass is 16.5. The van der Waals surface area contributed by atoms with Gasteiger partial charge in [-0.3, -0.25) is 9.59 Å². The van der Waals surface area contributed by atoms with Gasteiger partial charge in [0, 0.05) is 29.9 Å². The minimum absolute atomic E-state index is 0.0807. The van der Waals surface area contributed by atoms with Gasteiger partial charge in [0.15, 0.2) is 0 Å². The Morgan fingerprint density at radius 2 is 1.88 bits per heavy atom. The zero-order valence-electron chi connectivity index (χ0n) is 14.7. The zero-order valence-corrected chi connectivity index (χ0v) is 14.7. The molecule has 1 amide bonds.